The number of ether oxygens (including phenoxy) is 3. The molecule has 0 aliphatic carbocycles. The van der Waals surface area contributed by atoms with Gasteiger partial charge in [0.15, 0.2) is 0 Å². The van der Waals surface area contributed by atoms with E-state index in [0.29, 0.717) is 58.2 Å². The van der Waals surface area contributed by atoms with Crippen LogP contribution in [0.4, 0.5) is 0 Å². The van der Waals surface area contributed by atoms with Gasteiger partial charge in [0.25, 0.3) is 0 Å². The van der Waals surface area contributed by atoms with Crippen molar-refractivity contribution >= 4 is 17.9 Å². The molecule has 1 N–H and O–H groups in total. The molecule has 10 nitrogen and oxygen atoms in total. The van der Waals surface area contributed by atoms with Gasteiger partial charge in [-0.25, -0.2) is 0 Å². The summed E-state index contributed by atoms with van der Waals surface area (Å²) in [6.45, 7) is 14.9. The lowest BCUT2D eigenvalue weighted by molar-refractivity contribution is -0.145. The minimum Gasteiger partial charge on any atom is -0.466 e. The molecule has 10 heteroatoms. The van der Waals surface area contributed by atoms with Gasteiger partial charge in [-0.1, -0.05) is 252 Å². The Hall–Kier alpha value is -1.75. The van der Waals surface area contributed by atoms with Gasteiger partial charge in [0, 0.05) is 31.7 Å². The second kappa shape index (κ2) is 58.4. The lowest BCUT2D eigenvalue weighted by Crippen LogP contribution is -2.34. The maximum absolute atomic E-state index is 12.5. The molecular formula is C68H134N4O6. The Bertz CT molecular complexity index is 1240. The van der Waals surface area contributed by atoms with Gasteiger partial charge < -0.3 is 34.2 Å². The lowest BCUT2D eigenvalue weighted by Gasteiger charge is -2.26. The van der Waals surface area contributed by atoms with Crippen molar-refractivity contribution in [3.05, 3.63) is 0 Å². The SMILES string of the molecule is CCCCCCCCCCCCCCCOC(=O)CCN(CCC(=O)OCCCCCCCCCCCCCCC)CCC1CCCN1C.CCCCCCCCCCCCCCCOC(=O)CCNCCC1CCCN1C. The average molecular weight is 1100 g/mol. The molecule has 0 aromatic carbocycles. The van der Waals surface area contributed by atoms with Gasteiger partial charge in [-0.3, -0.25) is 14.4 Å². The molecular weight excluding hydrogens is 969 g/mol. The summed E-state index contributed by atoms with van der Waals surface area (Å²) in [7, 11) is 4.43. The van der Waals surface area contributed by atoms with E-state index in [4.69, 9.17) is 14.2 Å². The van der Waals surface area contributed by atoms with E-state index >= 15 is 0 Å². The predicted molar refractivity (Wildman–Crippen MR) is 334 cm³/mol. The van der Waals surface area contributed by atoms with Crippen LogP contribution in [0.25, 0.3) is 0 Å². The number of nitrogens with zero attached hydrogens (tertiary/aromatic N) is 3. The van der Waals surface area contributed by atoms with Gasteiger partial charge in [-0.2, -0.15) is 0 Å². The molecule has 0 spiro atoms. The summed E-state index contributed by atoms with van der Waals surface area (Å²) in [6, 6.07) is 1.33. The van der Waals surface area contributed by atoms with E-state index in [1.807, 2.05) is 0 Å². The zero-order valence-corrected chi connectivity index (χ0v) is 53.0. The molecule has 2 fully saturated rings. The number of unbranched alkanes of at least 4 members (excludes halogenated alkanes) is 36. The molecule has 0 saturated carbocycles. The first kappa shape index (κ1) is 74.3. The van der Waals surface area contributed by atoms with Crippen LogP contribution in [0, 0.1) is 0 Å². The number of rotatable bonds is 57. The summed E-state index contributed by atoms with van der Waals surface area (Å²) in [6.07, 6.45) is 60.4. The van der Waals surface area contributed by atoms with Crippen molar-refractivity contribution in [2.75, 3.05) is 79.7 Å². The van der Waals surface area contributed by atoms with Gasteiger partial charge in [-0.15, -0.1) is 0 Å². The molecule has 2 aliphatic rings. The Balaban J connectivity index is 0.000000890. The third-order valence-corrected chi connectivity index (χ3v) is 17.1. The van der Waals surface area contributed by atoms with Crippen molar-refractivity contribution in [3.63, 3.8) is 0 Å². The second-order valence-corrected chi connectivity index (χ2v) is 24.4. The normalized spacial score (nSPS) is 15.8. The Morgan fingerprint density at radius 2 is 0.654 bits per heavy atom. The molecule has 2 aliphatic heterocycles. The monoisotopic (exact) mass is 1100 g/mol. The molecule has 2 heterocycles. The third kappa shape index (κ3) is 50.0. The maximum atomic E-state index is 12.5. The Morgan fingerprint density at radius 3 is 0.949 bits per heavy atom. The second-order valence-electron chi connectivity index (χ2n) is 24.4. The molecule has 0 aromatic rings. The van der Waals surface area contributed by atoms with Crippen LogP contribution in [0.5, 0.6) is 0 Å². The quantitative estimate of drug-likeness (QED) is 0.0360. The first-order valence-corrected chi connectivity index (χ1v) is 34.6. The van der Waals surface area contributed by atoms with E-state index < -0.39 is 0 Å². The number of likely N-dealkylation sites (tertiary alicyclic amines) is 2. The Labute approximate surface area is 485 Å². The first-order chi connectivity index (χ1) is 38.3. The van der Waals surface area contributed by atoms with Gasteiger partial charge in [-0.05, 0) is 98.1 Å². The van der Waals surface area contributed by atoms with Crippen molar-refractivity contribution in [1.82, 2.24) is 20.0 Å². The van der Waals surface area contributed by atoms with Crippen LogP contribution >= 0.6 is 0 Å². The molecule has 2 rings (SSSR count). The van der Waals surface area contributed by atoms with Crippen molar-refractivity contribution in [2.45, 2.75) is 341 Å². The molecule has 462 valence electrons. The minimum atomic E-state index is -0.105. The fourth-order valence-electron chi connectivity index (χ4n) is 11.6. The summed E-state index contributed by atoms with van der Waals surface area (Å²) in [4.78, 5) is 44.0. The van der Waals surface area contributed by atoms with Crippen molar-refractivity contribution in [3.8, 4) is 0 Å². The summed E-state index contributed by atoms with van der Waals surface area (Å²) < 4.78 is 16.5. The number of esters is 3. The Morgan fingerprint density at radius 1 is 0.372 bits per heavy atom. The number of hydrogen-bond acceptors (Lipinski definition) is 10. The van der Waals surface area contributed by atoms with Crippen LogP contribution in [0.2, 0.25) is 0 Å². The van der Waals surface area contributed by atoms with Crippen LogP contribution in [-0.4, -0.2) is 124 Å². The number of carbonyl (C=O) groups excluding carboxylic acids is 3. The van der Waals surface area contributed by atoms with Crippen LogP contribution < -0.4 is 5.32 Å². The lowest BCUT2D eigenvalue weighted by atomic mass is 10.0. The van der Waals surface area contributed by atoms with Crippen molar-refractivity contribution < 1.29 is 28.6 Å². The molecule has 2 atom stereocenters. The smallest absolute Gasteiger partial charge is 0.307 e. The number of nitrogens with one attached hydrogen (secondary N) is 1. The fraction of sp³-hybridized carbons (Fsp3) is 0.956. The fourth-order valence-corrected chi connectivity index (χ4v) is 11.6. The zero-order valence-electron chi connectivity index (χ0n) is 53.0. The molecule has 2 unspecified atom stereocenters. The zero-order chi connectivity index (χ0) is 56.5. The minimum absolute atomic E-state index is 0.0468. The van der Waals surface area contributed by atoms with E-state index in [1.165, 1.54) is 264 Å². The first-order valence-electron chi connectivity index (χ1n) is 34.6. The largest absolute Gasteiger partial charge is 0.466 e. The summed E-state index contributed by atoms with van der Waals surface area (Å²) in [5, 5.41) is 3.39. The van der Waals surface area contributed by atoms with E-state index in [9.17, 15) is 14.4 Å². The summed E-state index contributed by atoms with van der Waals surface area (Å²) >= 11 is 0. The summed E-state index contributed by atoms with van der Waals surface area (Å²) in [5.74, 6) is -0.256. The van der Waals surface area contributed by atoms with Crippen LogP contribution in [-0.2, 0) is 28.6 Å². The van der Waals surface area contributed by atoms with Gasteiger partial charge >= 0.3 is 17.9 Å². The van der Waals surface area contributed by atoms with E-state index in [1.54, 1.807) is 0 Å². The van der Waals surface area contributed by atoms with Crippen LogP contribution in [0.15, 0.2) is 0 Å². The highest BCUT2D eigenvalue weighted by atomic mass is 16.5. The highest BCUT2D eigenvalue weighted by Crippen LogP contribution is 2.20. The molecule has 0 amide bonds. The Kier molecular flexibility index (Phi) is 55.6. The third-order valence-electron chi connectivity index (χ3n) is 17.1. The average Bonchev–Trinajstić information content (AvgIpc) is 4.06. The van der Waals surface area contributed by atoms with E-state index in [0.717, 1.165) is 64.2 Å². The van der Waals surface area contributed by atoms with Gasteiger partial charge in [0.05, 0.1) is 39.1 Å². The number of hydrogen-bond donors (Lipinski definition) is 1. The predicted octanol–water partition coefficient (Wildman–Crippen LogP) is 17.9. The molecule has 0 aromatic heterocycles. The highest BCUT2D eigenvalue weighted by Gasteiger charge is 2.23. The van der Waals surface area contributed by atoms with Crippen LogP contribution in [0.1, 0.15) is 329 Å². The highest BCUT2D eigenvalue weighted by molar-refractivity contribution is 5.70. The molecule has 0 radical (unpaired) electrons. The van der Waals surface area contributed by atoms with Gasteiger partial charge in [0.2, 0.25) is 0 Å². The van der Waals surface area contributed by atoms with Crippen molar-refractivity contribution in [2.24, 2.45) is 0 Å². The molecule has 78 heavy (non-hydrogen) atoms. The van der Waals surface area contributed by atoms with E-state index in [2.05, 4.69) is 54.9 Å². The standard InChI is InChI=1S/C43H84N2O4.C25H50N2O2/c1-4-6-8-10-12-14-16-18-20-22-24-26-28-39-48-42(46)33-37-45(36-32-41-31-30-35-44(41)3)38-34-43(47)49-40-29-27-25-23-21-19-17-15-13-11-9-7-5-2;1-3-4-5-6-7-8-9-10-11-12-13-14-15-23-29-25(28)19-21-26-20-18-24-17-16-22-27(24)2/h41H,4-40H2,1-3H3;24,26H,3-23H2,1-2H3. The molecule has 2 saturated heterocycles. The van der Waals surface area contributed by atoms with E-state index in [-0.39, 0.29) is 17.9 Å². The van der Waals surface area contributed by atoms with Crippen LogP contribution in [0.3, 0.4) is 0 Å². The van der Waals surface area contributed by atoms with Gasteiger partial charge in [0.1, 0.15) is 0 Å². The topological polar surface area (TPSA) is 101 Å². The van der Waals surface area contributed by atoms with Crippen molar-refractivity contribution in [1.29, 1.82) is 0 Å². The molecule has 0 bridgehead atoms. The number of carbonyl (C=O) groups is 3. The summed E-state index contributed by atoms with van der Waals surface area (Å²) in [5.41, 5.74) is 0. The maximum Gasteiger partial charge on any atom is 0.307 e.